The minimum atomic E-state index is -0.634. The van der Waals surface area contributed by atoms with E-state index in [1.165, 1.54) is 39.9 Å². The summed E-state index contributed by atoms with van der Waals surface area (Å²) in [4.78, 5) is 38.8. The first-order valence-corrected chi connectivity index (χ1v) is 9.40. The largest absolute Gasteiger partial charge is 0.348 e. The summed E-state index contributed by atoms with van der Waals surface area (Å²) in [5, 5.41) is 10.9. The number of anilines is 1. The summed E-state index contributed by atoms with van der Waals surface area (Å²) in [5.41, 5.74) is 0.323. The number of rotatable bonds is 5. The number of halogens is 1. The molecule has 0 bridgehead atoms. The average molecular weight is 415 g/mol. The van der Waals surface area contributed by atoms with E-state index < -0.39 is 17.3 Å². The van der Waals surface area contributed by atoms with E-state index in [0.29, 0.717) is 16.3 Å². The highest BCUT2D eigenvalue weighted by molar-refractivity contribution is 7.15. The van der Waals surface area contributed by atoms with E-state index in [1.807, 2.05) is 0 Å². The molecule has 0 aliphatic rings. The Bertz CT molecular complexity index is 1120. The van der Waals surface area contributed by atoms with Crippen LogP contribution in [0.1, 0.15) is 20.9 Å². The van der Waals surface area contributed by atoms with Crippen LogP contribution in [0.15, 0.2) is 41.3 Å². The predicted molar refractivity (Wildman–Crippen MR) is 107 cm³/mol. The van der Waals surface area contributed by atoms with Crippen LogP contribution in [-0.4, -0.2) is 45.6 Å². The van der Waals surface area contributed by atoms with Crippen LogP contribution in [0.3, 0.4) is 0 Å². The van der Waals surface area contributed by atoms with E-state index in [4.69, 9.17) is 0 Å². The van der Waals surface area contributed by atoms with Crippen LogP contribution in [0.5, 0.6) is 0 Å². The van der Waals surface area contributed by atoms with Crippen molar-refractivity contribution in [3.8, 4) is 5.69 Å². The van der Waals surface area contributed by atoms with Crippen molar-refractivity contribution in [2.24, 2.45) is 0 Å². The van der Waals surface area contributed by atoms with Gasteiger partial charge in [-0.3, -0.25) is 24.3 Å². The van der Waals surface area contributed by atoms with Crippen molar-refractivity contribution in [2.45, 2.75) is 13.3 Å². The Hall–Kier alpha value is -3.40. The van der Waals surface area contributed by atoms with Crippen LogP contribution in [0.25, 0.3) is 5.69 Å². The lowest BCUT2D eigenvalue weighted by molar-refractivity contribution is -0.127. The molecule has 0 aliphatic heterocycles. The molecule has 1 N–H and O–H groups in total. The van der Waals surface area contributed by atoms with Gasteiger partial charge in [0, 0.05) is 26.0 Å². The third-order valence-electron chi connectivity index (χ3n) is 4.12. The zero-order valence-corrected chi connectivity index (χ0v) is 16.8. The maximum Gasteiger partial charge on any atom is 0.268 e. The second-order valence-electron chi connectivity index (χ2n) is 6.45. The number of hydrogen-bond acceptors (Lipinski definition) is 6. The number of aryl methyl sites for hydroxylation is 1. The Morgan fingerprint density at radius 1 is 1.17 bits per heavy atom. The Balaban J connectivity index is 1.85. The first-order chi connectivity index (χ1) is 13.8. The van der Waals surface area contributed by atoms with Gasteiger partial charge in [0.05, 0.1) is 6.42 Å². The van der Waals surface area contributed by atoms with E-state index in [9.17, 15) is 18.8 Å². The summed E-state index contributed by atoms with van der Waals surface area (Å²) < 4.78 is 14.4. The fourth-order valence-corrected chi connectivity index (χ4v) is 3.26. The molecule has 0 fully saturated rings. The molecule has 0 saturated carbocycles. The Morgan fingerprint density at radius 2 is 1.86 bits per heavy atom. The predicted octanol–water partition coefficient (Wildman–Crippen LogP) is 2.02. The van der Waals surface area contributed by atoms with Crippen LogP contribution < -0.4 is 10.9 Å². The molecule has 1 aromatic carbocycles. The summed E-state index contributed by atoms with van der Waals surface area (Å²) in [6, 6.07) is 7.00. The number of aromatic nitrogens is 3. The van der Waals surface area contributed by atoms with E-state index in [2.05, 4.69) is 15.5 Å². The molecule has 2 heterocycles. The fourth-order valence-electron chi connectivity index (χ4n) is 2.53. The normalized spacial score (nSPS) is 10.6. The van der Waals surface area contributed by atoms with Crippen molar-refractivity contribution in [1.29, 1.82) is 0 Å². The number of pyridine rings is 1. The third kappa shape index (κ3) is 4.54. The van der Waals surface area contributed by atoms with Gasteiger partial charge in [-0.1, -0.05) is 11.3 Å². The molecular weight excluding hydrogens is 397 g/mol. The molecule has 0 aliphatic carbocycles. The minimum Gasteiger partial charge on any atom is -0.348 e. The van der Waals surface area contributed by atoms with Crippen LogP contribution in [0, 0.1) is 12.7 Å². The molecule has 2 amide bonds. The van der Waals surface area contributed by atoms with Crippen molar-refractivity contribution in [3.05, 3.63) is 68.8 Å². The van der Waals surface area contributed by atoms with Crippen molar-refractivity contribution in [1.82, 2.24) is 19.7 Å². The van der Waals surface area contributed by atoms with Crippen molar-refractivity contribution < 1.29 is 14.0 Å². The summed E-state index contributed by atoms with van der Waals surface area (Å²) in [5.74, 6) is -1.20. The number of carbonyl (C=O) groups excluding carboxylic acids is 2. The van der Waals surface area contributed by atoms with Crippen LogP contribution in [-0.2, 0) is 11.2 Å². The van der Waals surface area contributed by atoms with E-state index in [0.717, 1.165) is 11.3 Å². The monoisotopic (exact) mass is 415 g/mol. The number of nitrogens with zero attached hydrogens (tertiary/aromatic N) is 4. The van der Waals surface area contributed by atoms with Crippen LogP contribution in [0.2, 0.25) is 0 Å². The van der Waals surface area contributed by atoms with Crippen molar-refractivity contribution in [2.75, 3.05) is 19.4 Å². The quantitative estimate of drug-likeness (QED) is 0.688. The SMILES string of the molecule is Cc1ccn(-c2ccc(F)cc2)c(=O)c1C(=O)Nc1nnc(CC(=O)N(C)C)s1. The fraction of sp³-hybridized carbons (Fsp3) is 0.211. The van der Waals surface area contributed by atoms with Gasteiger partial charge < -0.3 is 4.90 Å². The topological polar surface area (TPSA) is 97.2 Å². The summed E-state index contributed by atoms with van der Waals surface area (Å²) in [6.45, 7) is 1.65. The van der Waals surface area contributed by atoms with Crippen LogP contribution in [0.4, 0.5) is 9.52 Å². The summed E-state index contributed by atoms with van der Waals surface area (Å²) in [7, 11) is 3.27. The molecule has 8 nitrogen and oxygen atoms in total. The Morgan fingerprint density at radius 3 is 2.52 bits per heavy atom. The second-order valence-corrected chi connectivity index (χ2v) is 7.51. The third-order valence-corrected chi connectivity index (χ3v) is 4.96. The van der Waals surface area contributed by atoms with E-state index in [1.54, 1.807) is 27.1 Å². The van der Waals surface area contributed by atoms with Gasteiger partial charge in [0.25, 0.3) is 11.5 Å². The Kier molecular flexibility index (Phi) is 5.83. The zero-order chi connectivity index (χ0) is 21.1. The molecule has 10 heteroatoms. The average Bonchev–Trinajstić information content (AvgIpc) is 3.09. The first kappa shape index (κ1) is 20.3. The maximum absolute atomic E-state index is 13.2. The molecule has 3 aromatic rings. The lowest BCUT2D eigenvalue weighted by Gasteiger charge is -2.10. The van der Waals surface area contributed by atoms with Gasteiger partial charge in [-0.15, -0.1) is 10.2 Å². The lowest BCUT2D eigenvalue weighted by Crippen LogP contribution is -2.29. The highest BCUT2D eigenvalue weighted by Crippen LogP contribution is 2.18. The van der Waals surface area contributed by atoms with E-state index >= 15 is 0 Å². The first-order valence-electron chi connectivity index (χ1n) is 8.58. The number of carbonyl (C=O) groups is 2. The molecule has 29 heavy (non-hydrogen) atoms. The summed E-state index contributed by atoms with van der Waals surface area (Å²) >= 11 is 1.06. The zero-order valence-electron chi connectivity index (χ0n) is 16.0. The molecule has 0 atom stereocenters. The van der Waals surface area contributed by atoms with E-state index in [-0.39, 0.29) is 23.0 Å². The number of amides is 2. The maximum atomic E-state index is 13.2. The number of hydrogen-bond donors (Lipinski definition) is 1. The molecular formula is C19H18FN5O3S. The molecule has 3 rings (SSSR count). The molecule has 0 radical (unpaired) electrons. The van der Waals surface area contributed by atoms with Crippen molar-refractivity contribution >= 4 is 28.3 Å². The van der Waals surface area contributed by atoms with Gasteiger partial charge in [0.1, 0.15) is 16.4 Å². The smallest absolute Gasteiger partial charge is 0.268 e. The molecule has 0 saturated heterocycles. The second kappa shape index (κ2) is 8.31. The van der Waals surface area contributed by atoms with Gasteiger partial charge in [-0.25, -0.2) is 4.39 Å². The Labute approximate surface area is 169 Å². The summed E-state index contributed by atoms with van der Waals surface area (Å²) in [6.07, 6.45) is 1.60. The molecule has 0 spiro atoms. The molecule has 150 valence electrons. The van der Waals surface area contributed by atoms with Crippen LogP contribution >= 0.6 is 11.3 Å². The number of benzene rings is 1. The van der Waals surface area contributed by atoms with Gasteiger partial charge >= 0.3 is 0 Å². The van der Waals surface area contributed by atoms with Gasteiger partial charge in [-0.05, 0) is 42.8 Å². The van der Waals surface area contributed by atoms with Gasteiger partial charge in [-0.2, -0.15) is 0 Å². The standard InChI is InChI=1S/C19H18FN5O3S/c1-11-8-9-25(13-6-4-12(20)5-7-13)18(28)16(11)17(27)21-19-23-22-14(29-19)10-15(26)24(2)3/h4-9H,10H2,1-3H3,(H,21,23,27). The minimum absolute atomic E-state index is 0.0575. The number of likely N-dealkylation sites (N-methyl/N-ethyl adjacent to an activating group) is 1. The van der Waals surface area contributed by atoms with Gasteiger partial charge in [0.2, 0.25) is 11.0 Å². The van der Waals surface area contributed by atoms with Gasteiger partial charge in [0.15, 0.2) is 0 Å². The van der Waals surface area contributed by atoms with Crippen molar-refractivity contribution in [3.63, 3.8) is 0 Å². The molecule has 2 aromatic heterocycles. The highest BCUT2D eigenvalue weighted by atomic mass is 32.1. The molecule has 0 unspecified atom stereocenters. The highest BCUT2D eigenvalue weighted by Gasteiger charge is 2.19. The number of nitrogens with one attached hydrogen (secondary N) is 1. The lowest BCUT2D eigenvalue weighted by atomic mass is 10.1.